The molecule has 20 heavy (non-hydrogen) atoms. The highest BCUT2D eigenvalue weighted by Crippen LogP contribution is 2.24. The van der Waals surface area contributed by atoms with Gasteiger partial charge in [0.1, 0.15) is 0 Å². The van der Waals surface area contributed by atoms with E-state index in [2.05, 4.69) is 20.7 Å². The third-order valence-corrected chi connectivity index (χ3v) is 5.41. The predicted molar refractivity (Wildman–Crippen MR) is 75.3 cm³/mol. The van der Waals surface area contributed by atoms with Crippen molar-refractivity contribution in [1.29, 1.82) is 0 Å². The maximum Gasteiger partial charge on any atom is 0.336 e. The summed E-state index contributed by atoms with van der Waals surface area (Å²) in [6.45, 7) is 2.56. The van der Waals surface area contributed by atoms with Gasteiger partial charge in [0, 0.05) is 11.1 Å². The van der Waals surface area contributed by atoms with Gasteiger partial charge < -0.3 is 9.84 Å². The van der Waals surface area contributed by atoms with Gasteiger partial charge in [0.25, 0.3) is 0 Å². The molecule has 110 valence electrons. The van der Waals surface area contributed by atoms with Crippen LogP contribution in [0.15, 0.2) is 27.6 Å². The van der Waals surface area contributed by atoms with Crippen LogP contribution in [0.2, 0.25) is 0 Å². The van der Waals surface area contributed by atoms with E-state index in [1.807, 2.05) is 0 Å². The molecule has 1 aliphatic heterocycles. The van der Waals surface area contributed by atoms with Crippen molar-refractivity contribution in [3.8, 4) is 0 Å². The second kappa shape index (κ2) is 5.44. The highest BCUT2D eigenvalue weighted by molar-refractivity contribution is 9.10. The van der Waals surface area contributed by atoms with Crippen molar-refractivity contribution >= 4 is 31.9 Å². The van der Waals surface area contributed by atoms with Gasteiger partial charge in [-0.25, -0.2) is 17.9 Å². The number of rotatable bonds is 4. The molecule has 6 nitrogen and oxygen atoms in total. The molecule has 1 atom stereocenters. The fraction of sp³-hybridized carbons (Fsp3) is 0.417. The number of sulfonamides is 1. The van der Waals surface area contributed by atoms with E-state index in [4.69, 9.17) is 9.84 Å². The fourth-order valence-electron chi connectivity index (χ4n) is 1.97. The first kappa shape index (κ1) is 15.4. The molecule has 1 saturated heterocycles. The second-order valence-corrected chi connectivity index (χ2v) is 7.45. The zero-order chi connectivity index (χ0) is 15.0. The zero-order valence-corrected chi connectivity index (χ0v) is 13.1. The molecule has 1 aromatic carbocycles. The van der Waals surface area contributed by atoms with Gasteiger partial charge in [0.05, 0.1) is 22.6 Å². The number of nitrogens with one attached hydrogen (secondary N) is 1. The van der Waals surface area contributed by atoms with Crippen LogP contribution in [0.1, 0.15) is 23.7 Å². The minimum Gasteiger partial charge on any atom is -0.478 e. The smallest absolute Gasteiger partial charge is 0.336 e. The van der Waals surface area contributed by atoms with Crippen LogP contribution < -0.4 is 4.72 Å². The van der Waals surface area contributed by atoms with E-state index in [0.29, 0.717) is 24.1 Å². The first-order valence-corrected chi connectivity index (χ1v) is 8.16. The molecule has 2 N–H and O–H groups in total. The number of ether oxygens (including phenoxy) is 1. The Balaban J connectivity index is 2.34. The lowest BCUT2D eigenvalue weighted by Crippen LogP contribution is -2.46. The molecule has 1 aliphatic rings. The number of carbonyl (C=O) groups is 1. The molecule has 1 aromatic rings. The van der Waals surface area contributed by atoms with Crippen LogP contribution in [0.4, 0.5) is 0 Å². The summed E-state index contributed by atoms with van der Waals surface area (Å²) in [5, 5.41) is 9.03. The van der Waals surface area contributed by atoms with Crippen LogP contribution in [0.3, 0.4) is 0 Å². The van der Waals surface area contributed by atoms with Gasteiger partial charge >= 0.3 is 5.97 Å². The van der Waals surface area contributed by atoms with E-state index in [0.717, 1.165) is 6.07 Å². The van der Waals surface area contributed by atoms with Gasteiger partial charge in [-0.3, -0.25) is 0 Å². The molecule has 0 aromatic heterocycles. The van der Waals surface area contributed by atoms with E-state index < -0.39 is 21.5 Å². The van der Waals surface area contributed by atoms with Crippen LogP contribution in [-0.4, -0.2) is 38.2 Å². The minimum absolute atomic E-state index is 0.0776. The van der Waals surface area contributed by atoms with E-state index >= 15 is 0 Å². The van der Waals surface area contributed by atoms with Crippen LogP contribution in [0, 0.1) is 0 Å². The van der Waals surface area contributed by atoms with E-state index in [9.17, 15) is 13.2 Å². The third-order valence-electron chi connectivity index (χ3n) is 3.08. The Bertz CT molecular complexity index is 637. The third kappa shape index (κ3) is 3.20. The normalized spacial score (nSPS) is 22.9. The van der Waals surface area contributed by atoms with Crippen molar-refractivity contribution in [1.82, 2.24) is 4.72 Å². The molecule has 1 heterocycles. The van der Waals surface area contributed by atoms with Crippen molar-refractivity contribution in [3.63, 3.8) is 0 Å². The first-order chi connectivity index (χ1) is 9.23. The molecular weight excluding hydrogens is 350 g/mol. The highest BCUT2D eigenvalue weighted by atomic mass is 79.9. The molecule has 1 fully saturated rings. The maximum absolute atomic E-state index is 12.3. The Labute approximate surface area is 125 Å². The number of hydrogen-bond donors (Lipinski definition) is 2. The van der Waals surface area contributed by atoms with Gasteiger partial charge in [-0.2, -0.15) is 0 Å². The number of carboxylic acid groups (broad SMARTS) is 1. The summed E-state index contributed by atoms with van der Waals surface area (Å²) < 4.78 is 32.7. The van der Waals surface area contributed by atoms with Gasteiger partial charge in [0.2, 0.25) is 10.0 Å². The average Bonchev–Trinajstić information content (AvgIpc) is 2.74. The molecule has 0 saturated carbocycles. The van der Waals surface area contributed by atoms with Crippen molar-refractivity contribution in [2.24, 2.45) is 0 Å². The molecule has 2 rings (SSSR count). The Kier molecular flexibility index (Phi) is 4.19. The summed E-state index contributed by atoms with van der Waals surface area (Å²) in [6, 6.07) is 3.90. The Hall–Kier alpha value is -0.960. The fourth-order valence-corrected chi connectivity index (χ4v) is 3.83. The number of aromatic carboxylic acids is 1. The molecule has 0 spiro atoms. The van der Waals surface area contributed by atoms with Crippen LogP contribution in [0.25, 0.3) is 0 Å². The Morgan fingerprint density at radius 1 is 1.50 bits per heavy atom. The van der Waals surface area contributed by atoms with Gasteiger partial charge in [-0.1, -0.05) is 0 Å². The largest absolute Gasteiger partial charge is 0.478 e. The Morgan fingerprint density at radius 3 is 2.75 bits per heavy atom. The number of halogens is 1. The first-order valence-electron chi connectivity index (χ1n) is 5.88. The van der Waals surface area contributed by atoms with Gasteiger partial charge in [-0.15, -0.1) is 0 Å². The molecule has 8 heteroatoms. The van der Waals surface area contributed by atoms with Crippen molar-refractivity contribution in [2.75, 3.05) is 13.2 Å². The van der Waals surface area contributed by atoms with E-state index in [1.54, 1.807) is 6.92 Å². The van der Waals surface area contributed by atoms with Crippen LogP contribution in [0.5, 0.6) is 0 Å². The maximum atomic E-state index is 12.3. The quantitative estimate of drug-likeness (QED) is 0.847. The van der Waals surface area contributed by atoms with Crippen LogP contribution >= 0.6 is 15.9 Å². The van der Waals surface area contributed by atoms with Gasteiger partial charge in [-0.05, 0) is 47.5 Å². The monoisotopic (exact) mass is 363 g/mol. The Morgan fingerprint density at radius 2 is 2.20 bits per heavy atom. The summed E-state index contributed by atoms with van der Waals surface area (Å²) in [6.07, 6.45) is 0.578. The number of carboxylic acids is 1. The second-order valence-electron chi connectivity index (χ2n) is 4.92. The summed E-state index contributed by atoms with van der Waals surface area (Å²) in [4.78, 5) is 11.0. The van der Waals surface area contributed by atoms with Crippen molar-refractivity contribution < 1.29 is 23.1 Å². The SMILES string of the molecule is CC1(NS(=O)(=O)c2ccc(Br)c(C(=O)O)c2)CCOC1. The van der Waals surface area contributed by atoms with E-state index in [-0.39, 0.29) is 10.5 Å². The topological polar surface area (TPSA) is 92.7 Å². The molecule has 1 unspecified atom stereocenters. The molecule has 0 aliphatic carbocycles. The summed E-state index contributed by atoms with van der Waals surface area (Å²) in [5.74, 6) is -1.19. The van der Waals surface area contributed by atoms with Crippen molar-refractivity contribution in [2.45, 2.75) is 23.8 Å². The molecule has 0 amide bonds. The lowest BCUT2D eigenvalue weighted by atomic mass is 10.0. The van der Waals surface area contributed by atoms with Crippen LogP contribution in [-0.2, 0) is 14.8 Å². The molecule has 0 bridgehead atoms. The lowest BCUT2D eigenvalue weighted by molar-refractivity contribution is 0.0695. The standard InChI is InChI=1S/C12H14BrNO5S/c1-12(4-5-19-7-12)14-20(17,18)8-2-3-10(13)9(6-8)11(15)16/h2-3,6,14H,4-5,7H2,1H3,(H,15,16). The summed E-state index contributed by atoms with van der Waals surface area (Å²) >= 11 is 3.08. The van der Waals surface area contributed by atoms with E-state index in [1.165, 1.54) is 12.1 Å². The molecule has 0 radical (unpaired) electrons. The number of hydrogen-bond acceptors (Lipinski definition) is 4. The molecular formula is C12H14BrNO5S. The average molecular weight is 364 g/mol. The number of benzene rings is 1. The summed E-state index contributed by atoms with van der Waals surface area (Å²) in [7, 11) is -3.79. The predicted octanol–water partition coefficient (Wildman–Crippen LogP) is 1.60. The highest BCUT2D eigenvalue weighted by Gasteiger charge is 2.34. The summed E-state index contributed by atoms with van der Waals surface area (Å²) in [5.41, 5.74) is -0.754. The minimum atomic E-state index is -3.79. The zero-order valence-electron chi connectivity index (χ0n) is 10.7. The van der Waals surface area contributed by atoms with Gasteiger partial charge in [0.15, 0.2) is 0 Å². The lowest BCUT2D eigenvalue weighted by Gasteiger charge is -2.23. The van der Waals surface area contributed by atoms with Crippen molar-refractivity contribution in [3.05, 3.63) is 28.2 Å².